The molecule has 0 aromatic heterocycles. The molecule has 0 amide bonds. The zero-order chi connectivity index (χ0) is 10.6. The molecule has 15 heavy (non-hydrogen) atoms. The maximum Gasteiger partial charge on any atom is -0.0238 e. The number of hydrogen-bond donors (Lipinski definition) is 0. The normalized spacial score (nSPS) is 15.3. The van der Waals surface area contributed by atoms with Crippen molar-refractivity contribution >= 4 is 0 Å². The van der Waals surface area contributed by atoms with Crippen LogP contribution in [0.3, 0.4) is 0 Å². The summed E-state index contributed by atoms with van der Waals surface area (Å²) in [5.41, 5.74) is 4.87. The summed E-state index contributed by atoms with van der Waals surface area (Å²) >= 11 is 0. The van der Waals surface area contributed by atoms with Gasteiger partial charge in [-0.1, -0.05) is 56.0 Å². The van der Waals surface area contributed by atoms with Crippen molar-refractivity contribution in [3.63, 3.8) is 0 Å². The highest BCUT2D eigenvalue weighted by molar-refractivity contribution is 5.44. The third-order valence-corrected chi connectivity index (χ3v) is 2.26. The van der Waals surface area contributed by atoms with Crippen LogP contribution in [-0.4, -0.2) is 0 Å². The van der Waals surface area contributed by atoms with Crippen LogP contribution in [0.25, 0.3) is 0 Å². The van der Waals surface area contributed by atoms with Gasteiger partial charge >= 0.3 is 0 Å². The van der Waals surface area contributed by atoms with Crippen LogP contribution >= 0.6 is 0 Å². The highest BCUT2D eigenvalue weighted by atomic mass is 14.1. The summed E-state index contributed by atoms with van der Waals surface area (Å²) in [7, 11) is 0. The minimum Gasteiger partial charge on any atom is -0.0961 e. The molecule has 0 radical (unpaired) electrons. The highest BCUT2D eigenvalue weighted by Crippen LogP contribution is 2.23. The molecule has 0 heterocycles. The lowest BCUT2D eigenvalue weighted by Crippen LogP contribution is -1.91. The Morgan fingerprint density at radius 1 is 1.33 bits per heavy atom. The van der Waals surface area contributed by atoms with Crippen molar-refractivity contribution in [2.45, 2.75) is 34.1 Å². The van der Waals surface area contributed by atoms with E-state index >= 15 is 0 Å². The molecule has 0 aromatic carbocycles. The highest BCUT2D eigenvalue weighted by Gasteiger charge is 2.03. The van der Waals surface area contributed by atoms with Crippen LogP contribution in [0.15, 0.2) is 59.8 Å². The SMILES string of the molecule is C.C=C(C)/C=C\C(=C)C1=CC(C)=CCC1. The van der Waals surface area contributed by atoms with Crippen LogP contribution in [0.5, 0.6) is 0 Å². The molecule has 0 atom stereocenters. The molecule has 0 aliphatic heterocycles. The standard InChI is InChI=1S/C14H18.CH4/c1-11(2)8-9-13(4)14-7-5-6-12(3)10-14;/h6,8-10H,1,4-5,7H2,2-3H3;1H4/b9-8-;. The smallest absolute Gasteiger partial charge is 0.0238 e. The van der Waals surface area contributed by atoms with Crippen molar-refractivity contribution in [3.8, 4) is 0 Å². The molecule has 0 spiro atoms. The van der Waals surface area contributed by atoms with Crippen molar-refractivity contribution in [2.75, 3.05) is 0 Å². The van der Waals surface area contributed by atoms with Crippen molar-refractivity contribution in [1.82, 2.24) is 0 Å². The lowest BCUT2D eigenvalue weighted by Gasteiger charge is -2.11. The van der Waals surface area contributed by atoms with Crippen LogP contribution in [0.1, 0.15) is 34.1 Å². The molecule has 0 N–H and O–H groups in total. The maximum atomic E-state index is 4.06. The van der Waals surface area contributed by atoms with Crippen LogP contribution in [0, 0.1) is 0 Å². The van der Waals surface area contributed by atoms with E-state index in [0.29, 0.717) is 0 Å². The second-order valence-corrected chi connectivity index (χ2v) is 3.86. The molecule has 82 valence electrons. The van der Waals surface area contributed by atoms with Crippen LogP contribution < -0.4 is 0 Å². The van der Waals surface area contributed by atoms with Gasteiger partial charge < -0.3 is 0 Å². The van der Waals surface area contributed by atoms with Crippen LogP contribution in [-0.2, 0) is 0 Å². The Kier molecular flexibility index (Phi) is 5.69. The summed E-state index contributed by atoms with van der Waals surface area (Å²) in [6, 6.07) is 0. The van der Waals surface area contributed by atoms with E-state index in [-0.39, 0.29) is 7.43 Å². The average molecular weight is 202 g/mol. The first kappa shape index (κ1) is 13.7. The fourth-order valence-corrected chi connectivity index (χ4v) is 1.46. The molecular weight excluding hydrogens is 180 g/mol. The predicted molar refractivity (Wildman–Crippen MR) is 70.9 cm³/mol. The third-order valence-electron chi connectivity index (χ3n) is 2.26. The minimum absolute atomic E-state index is 0. The second-order valence-electron chi connectivity index (χ2n) is 3.86. The monoisotopic (exact) mass is 202 g/mol. The Balaban J connectivity index is 0.00000196. The van der Waals surface area contributed by atoms with Gasteiger partial charge in [0.05, 0.1) is 0 Å². The molecule has 1 aliphatic rings. The van der Waals surface area contributed by atoms with E-state index in [0.717, 1.165) is 24.0 Å². The van der Waals surface area contributed by atoms with E-state index in [1.54, 1.807) is 0 Å². The molecule has 1 rings (SSSR count). The van der Waals surface area contributed by atoms with E-state index in [9.17, 15) is 0 Å². The molecule has 0 saturated heterocycles. The summed E-state index contributed by atoms with van der Waals surface area (Å²) in [5, 5.41) is 0. The van der Waals surface area contributed by atoms with Crippen molar-refractivity contribution in [1.29, 1.82) is 0 Å². The number of rotatable bonds is 3. The quantitative estimate of drug-likeness (QED) is 0.566. The van der Waals surface area contributed by atoms with Gasteiger partial charge in [0, 0.05) is 0 Å². The Morgan fingerprint density at radius 2 is 2.00 bits per heavy atom. The summed E-state index contributed by atoms with van der Waals surface area (Å²) in [6.45, 7) is 12.0. The largest absolute Gasteiger partial charge is 0.0961 e. The topological polar surface area (TPSA) is 0 Å². The first-order valence-corrected chi connectivity index (χ1v) is 5.00. The molecular formula is C15H22. The molecule has 0 fully saturated rings. The summed E-state index contributed by atoms with van der Waals surface area (Å²) in [6.07, 6.45) is 10.8. The fourth-order valence-electron chi connectivity index (χ4n) is 1.46. The molecule has 0 unspecified atom stereocenters. The van der Waals surface area contributed by atoms with Crippen LogP contribution in [0.2, 0.25) is 0 Å². The molecule has 1 aliphatic carbocycles. The van der Waals surface area contributed by atoms with E-state index < -0.39 is 0 Å². The van der Waals surface area contributed by atoms with Gasteiger partial charge in [-0.2, -0.15) is 0 Å². The lowest BCUT2D eigenvalue weighted by atomic mass is 9.94. The fraction of sp³-hybridized carbons (Fsp3) is 0.333. The van der Waals surface area contributed by atoms with Crippen molar-refractivity contribution < 1.29 is 0 Å². The van der Waals surface area contributed by atoms with Crippen LogP contribution in [0.4, 0.5) is 0 Å². The van der Waals surface area contributed by atoms with E-state index in [2.05, 4.69) is 32.2 Å². The Morgan fingerprint density at radius 3 is 2.53 bits per heavy atom. The zero-order valence-corrected chi connectivity index (χ0v) is 9.14. The third kappa shape index (κ3) is 4.64. The van der Waals surface area contributed by atoms with Crippen molar-refractivity contribution in [3.05, 3.63) is 59.8 Å². The van der Waals surface area contributed by atoms with Gasteiger partial charge in [0.2, 0.25) is 0 Å². The van der Waals surface area contributed by atoms with E-state index in [1.807, 2.05) is 19.1 Å². The minimum atomic E-state index is 0. The van der Waals surface area contributed by atoms with Gasteiger partial charge in [0.15, 0.2) is 0 Å². The first-order valence-electron chi connectivity index (χ1n) is 5.00. The number of hydrogen-bond acceptors (Lipinski definition) is 0. The molecule has 0 saturated carbocycles. The van der Waals surface area contributed by atoms with Gasteiger partial charge in [-0.25, -0.2) is 0 Å². The summed E-state index contributed by atoms with van der Waals surface area (Å²) in [5.74, 6) is 0. The number of allylic oxidation sites excluding steroid dienone is 8. The van der Waals surface area contributed by atoms with Gasteiger partial charge in [-0.3, -0.25) is 0 Å². The van der Waals surface area contributed by atoms with E-state index in [1.165, 1.54) is 11.1 Å². The Hall–Kier alpha value is -1.30. The van der Waals surface area contributed by atoms with Gasteiger partial charge in [0.1, 0.15) is 0 Å². The van der Waals surface area contributed by atoms with E-state index in [4.69, 9.17) is 0 Å². The maximum absolute atomic E-state index is 4.06. The second kappa shape index (κ2) is 6.23. The van der Waals surface area contributed by atoms with Gasteiger partial charge in [-0.05, 0) is 37.8 Å². The predicted octanol–water partition coefficient (Wildman–Crippen LogP) is 4.98. The van der Waals surface area contributed by atoms with Crippen molar-refractivity contribution in [2.24, 2.45) is 0 Å². The first-order chi connectivity index (χ1) is 6.59. The zero-order valence-electron chi connectivity index (χ0n) is 9.14. The molecule has 0 bridgehead atoms. The molecule has 0 heteroatoms. The lowest BCUT2D eigenvalue weighted by molar-refractivity contribution is 0.962. The van der Waals surface area contributed by atoms with Gasteiger partial charge in [-0.15, -0.1) is 0 Å². The average Bonchev–Trinajstić information content (AvgIpc) is 2.14. The van der Waals surface area contributed by atoms with Gasteiger partial charge in [0.25, 0.3) is 0 Å². The summed E-state index contributed by atoms with van der Waals surface area (Å²) < 4.78 is 0. The summed E-state index contributed by atoms with van der Waals surface area (Å²) in [4.78, 5) is 0. The molecule has 0 nitrogen and oxygen atoms in total. The Labute approximate surface area is 94.4 Å². The Bertz CT molecular complexity index is 335. The molecule has 0 aromatic rings.